The van der Waals surface area contributed by atoms with Gasteiger partial charge in [0.2, 0.25) is 0 Å². The summed E-state index contributed by atoms with van der Waals surface area (Å²) in [4.78, 5) is 0. The number of benzene rings is 2. The summed E-state index contributed by atoms with van der Waals surface area (Å²) in [5.41, 5.74) is 2.02. The van der Waals surface area contributed by atoms with Crippen molar-refractivity contribution in [1.29, 1.82) is 5.26 Å². The summed E-state index contributed by atoms with van der Waals surface area (Å²) in [5, 5.41) is 10.4. The maximum atomic E-state index is 9.37. The van der Waals surface area contributed by atoms with Gasteiger partial charge in [0.25, 0.3) is 0 Å². The van der Waals surface area contributed by atoms with Gasteiger partial charge in [0, 0.05) is 5.02 Å². The normalized spacial score (nSPS) is 11.0. The minimum Gasteiger partial charge on any atom is -0.493 e. The molecule has 0 fully saturated rings. The Kier molecular flexibility index (Phi) is 5.32. The zero-order chi connectivity index (χ0) is 16.1. The molecule has 0 aliphatic rings. The van der Waals surface area contributed by atoms with Crippen LogP contribution in [-0.2, 0) is 0 Å². The third kappa shape index (κ3) is 3.54. The van der Waals surface area contributed by atoms with Crippen molar-refractivity contribution < 1.29 is 9.47 Å². The molecule has 2 rings (SSSR count). The molecule has 0 atom stereocenters. The van der Waals surface area contributed by atoms with Crippen LogP contribution in [0, 0.1) is 11.3 Å². The highest BCUT2D eigenvalue weighted by atomic mass is 35.5. The fourth-order valence-corrected chi connectivity index (χ4v) is 2.42. The highest BCUT2D eigenvalue weighted by molar-refractivity contribution is 6.32. The lowest BCUT2D eigenvalue weighted by atomic mass is 10.0. The van der Waals surface area contributed by atoms with Crippen molar-refractivity contribution in [2.24, 2.45) is 0 Å². The minimum atomic E-state index is 0.418. The van der Waals surface area contributed by atoms with Crippen molar-refractivity contribution in [1.82, 2.24) is 0 Å². The van der Waals surface area contributed by atoms with Crippen molar-refractivity contribution >= 4 is 34.9 Å². The number of rotatable bonds is 4. The van der Waals surface area contributed by atoms with Gasteiger partial charge in [-0.25, -0.2) is 0 Å². The number of nitriles is 1. The molecule has 0 heterocycles. The van der Waals surface area contributed by atoms with Gasteiger partial charge >= 0.3 is 0 Å². The van der Waals surface area contributed by atoms with E-state index in [0.29, 0.717) is 27.1 Å². The van der Waals surface area contributed by atoms with E-state index in [-0.39, 0.29) is 0 Å². The van der Waals surface area contributed by atoms with Crippen LogP contribution >= 0.6 is 23.2 Å². The maximum absolute atomic E-state index is 9.37. The molecule has 0 bridgehead atoms. The van der Waals surface area contributed by atoms with Crippen molar-refractivity contribution in [2.45, 2.75) is 0 Å². The van der Waals surface area contributed by atoms with Crippen LogP contribution in [0.3, 0.4) is 0 Å². The van der Waals surface area contributed by atoms with Crippen molar-refractivity contribution in [3.05, 3.63) is 57.6 Å². The molecule has 22 heavy (non-hydrogen) atoms. The van der Waals surface area contributed by atoms with E-state index >= 15 is 0 Å². The van der Waals surface area contributed by atoms with E-state index in [4.69, 9.17) is 32.7 Å². The standard InChI is InChI=1S/C17H13Cl2NO2/c1-21-16-9-11(8-15(19)17(16)22-2)7-13(10-20)12-3-5-14(18)6-4-12/h3-9H,1-2H3/b13-7-. The van der Waals surface area contributed by atoms with Crippen LogP contribution in [0.15, 0.2) is 36.4 Å². The second-order valence-electron chi connectivity index (χ2n) is 4.41. The summed E-state index contributed by atoms with van der Waals surface area (Å²) in [6.07, 6.45) is 1.73. The molecule has 0 amide bonds. The monoisotopic (exact) mass is 333 g/mol. The average molecular weight is 334 g/mol. The fraction of sp³-hybridized carbons (Fsp3) is 0.118. The summed E-state index contributed by atoms with van der Waals surface area (Å²) in [6, 6.07) is 12.7. The van der Waals surface area contributed by atoms with Crippen molar-refractivity contribution in [3.63, 3.8) is 0 Å². The van der Waals surface area contributed by atoms with Crippen molar-refractivity contribution in [3.8, 4) is 17.6 Å². The molecule has 2 aromatic carbocycles. The van der Waals surface area contributed by atoms with Crippen LogP contribution in [0.1, 0.15) is 11.1 Å². The van der Waals surface area contributed by atoms with Gasteiger partial charge in [-0.1, -0.05) is 35.3 Å². The lowest BCUT2D eigenvalue weighted by molar-refractivity contribution is 0.355. The molecule has 0 aliphatic carbocycles. The second-order valence-corrected chi connectivity index (χ2v) is 5.26. The third-order valence-corrected chi connectivity index (χ3v) is 3.58. The highest BCUT2D eigenvalue weighted by Gasteiger charge is 2.11. The van der Waals surface area contributed by atoms with Crippen LogP contribution in [-0.4, -0.2) is 14.2 Å². The Morgan fingerprint density at radius 2 is 1.77 bits per heavy atom. The van der Waals surface area contributed by atoms with E-state index < -0.39 is 0 Å². The first kappa shape index (κ1) is 16.2. The quantitative estimate of drug-likeness (QED) is 0.579. The molecule has 0 radical (unpaired) electrons. The minimum absolute atomic E-state index is 0.418. The van der Waals surface area contributed by atoms with Gasteiger partial charge in [-0.2, -0.15) is 5.26 Å². The molecule has 0 aliphatic heterocycles. The first-order chi connectivity index (χ1) is 10.6. The predicted octanol–water partition coefficient (Wildman–Crippen LogP) is 5.07. The molecule has 112 valence electrons. The number of hydrogen-bond donors (Lipinski definition) is 0. The number of ether oxygens (including phenoxy) is 2. The van der Waals surface area contributed by atoms with Gasteiger partial charge in [-0.05, 0) is 41.5 Å². The summed E-state index contributed by atoms with van der Waals surface area (Å²) >= 11 is 12.0. The molecule has 0 N–H and O–H groups in total. The number of nitrogens with zero attached hydrogens (tertiary/aromatic N) is 1. The summed E-state index contributed by atoms with van der Waals surface area (Å²) in [7, 11) is 3.06. The summed E-state index contributed by atoms with van der Waals surface area (Å²) in [6.45, 7) is 0. The van der Waals surface area contributed by atoms with Crippen LogP contribution in [0.25, 0.3) is 11.6 Å². The largest absolute Gasteiger partial charge is 0.493 e. The topological polar surface area (TPSA) is 42.2 Å². The van der Waals surface area contributed by atoms with Crippen LogP contribution in [0.5, 0.6) is 11.5 Å². The van der Waals surface area contributed by atoms with Crippen LogP contribution in [0.2, 0.25) is 10.0 Å². The first-order valence-corrected chi connectivity index (χ1v) is 7.14. The van der Waals surface area contributed by atoms with Gasteiger partial charge < -0.3 is 9.47 Å². The molecule has 0 unspecified atom stereocenters. The van der Waals surface area contributed by atoms with Crippen LogP contribution in [0.4, 0.5) is 0 Å². The van der Waals surface area contributed by atoms with E-state index in [1.807, 2.05) is 0 Å². The van der Waals surface area contributed by atoms with Gasteiger partial charge in [0.05, 0.1) is 30.9 Å². The summed E-state index contributed by atoms with van der Waals surface area (Å²) in [5.74, 6) is 0.973. The van der Waals surface area contributed by atoms with E-state index in [1.165, 1.54) is 14.2 Å². The van der Waals surface area contributed by atoms with Gasteiger partial charge in [0.15, 0.2) is 11.5 Å². The Balaban J connectivity index is 2.48. The lowest BCUT2D eigenvalue weighted by Crippen LogP contribution is -1.92. The average Bonchev–Trinajstić information content (AvgIpc) is 2.53. The molecular formula is C17H13Cl2NO2. The van der Waals surface area contributed by atoms with E-state index in [0.717, 1.165) is 11.1 Å². The zero-order valence-corrected chi connectivity index (χ0v) is 13.6. The van der Waals surface area contributed by atoms with Gasteiger partial charge in [-0.3, -0.25) is 0 Å². The number of hydrogen-bond acceptors (Lipinski definition) is 3. The Bertz CT molecular complexity index is 746. The maximum Gasteiger partial charge on any atom is 0.179 e. The second kappa shape index (κ2) is 7.22. The summed E-state index contributed by atoms with van der Waals surface area (Å²) < 4.78 is 10.4. The third-order valence-electron chi connectivity index (χ3n) is 3.04. The lowest BCUT2D eigenvalue weighted by Gasteiger charge is -2.10. The first-order valence-electron chi connectivity index (χ1n) is 6.38. The van der Waals surface area contributed by atoms with Gasteiger partial charge in [-0.15, -0.1) is 0 Å². The molecule has 0 spiro atoms. The van der Waals surface area contributed by atoms with Crippen LogP contribution < -0.4 is 9.47 Å². The van der Waals surface area contributed by atoms with Crippen molar-refractivity contribution in [2.75, 3.05) is 14.2 Å². The molecule has 3 nitrogen and oxygen atoms in total. The molecule has 0 saturated carbocycles. The van der Waals surface area contributed by atoms with E-state index in [2.05, 4.69) is 6.07 Å². The highest BCUT2D eigenvalue weighted by Crippen LogP contribution is 2.37. The molecule has 0 aromatic heterocycles. The number of methoxy groups -OCH3 is 2. The smallest absolute Gasteiger partial charge is 0.179 e. The fourth-order valence-electron chi connectivity index (χ4n) is 2.00. The predicted molar refractivity (Wildman–Crippen MR) is 89.5 cm³/mol. The number of halogens is 2. The van der Waals surface area contributed by atoms with Gasteiger partial charge in [0.1, 0.15) is 0 Å². The zero-order valence-electron chi connectivity index (χ0n) is 12.1. The number of allylic oxidation sites excluding steroid dienone is 1. The molecule has 5 heteroatoms. The van der Waals surface area contributed by atoms with E-state index in [9.17, 15) is 5.26 Å². The Hall–Kier alpha value is -2.15. The Labute approximate surface area is 139 Å². The molecular weight excluding hydrogens is 321 g/mol. The van der Waals surface area contributed by atoms with E-state index in [1.54, 1.807) is 42.5 Å². The molecule has 2 aromatic rings. The molecule has 0 saturated heterocycles. The Morgan fingerprint density at radius 3 is 2.32 bits per heavy atom. The SMILES string of the molecule is COc1cc(/C=C(/C#N)c2ccc(Cl)cc2)cc(Cl)c1OC. The Morgan fingerprint density at radius 1 is 1.09 bits per heavy atom.